The van der Waals surface area contributed by atoms with Gasteiger partial charge in [0.1, 0.15) is 0 Å². The van der Waals surface area contributed by atoms with Crippen molar-refractivity contribution in [1.29, 1.82) is 0 Å². The van der Waals surface area contributed by atoms with Crippen molar-refractivity contribution in [2.45, 2.75) is 78.1 Å². The first kappa shape index (κ1) is 19.9. The van der Waals surface area contributed by atoms with E-state index in [-0.39, 0.29) is 0 Å². The molecule has 1 unspecified atom stereocenters. The molecule has 0 nitrogen and oxygen atoms in total. The van der Waals surface area contributed by atoms with Crippen molar-refractivity contribution in [1.82, 2.24) is 0 Å². The SMILES string of the molecule is CCCCCCCc1ccc(-c2ccc(C3=CCC(CC)CC3)cc2)cc1. The molecule has 0 heteroatoms. The van der Waals surface area contributed by atoms with Gasteiger partial charge in [0.15, 0.2) is 0 Å². The lowest BCUT2D eigenvalue weighted by Gasteiger charge is -2.20. The first-order valence-corrected chi connectivity index (χ1v) is 11.2. The van der Waals surface area contributed by atoms with Crippen LogP contribution in [0.3, 0.4) is 0 Å². The number of allylic oxidation sites excluding steroid dienone is 2. The van der Waals surface area contributed by atoms with Crippen molar-refractivity contribution in [2.75, 3.05) is 0 Å². The van der Waals surface area contributed by atoms with Crippen LogP contribution in [0.4, 0.5) is 0 Å². The van der Waals surface area contributed by atoms with Crippen LogP contribution in [0.5, 0.6) is 0 Å². The molecular formula is C27H36. The third-order valence-corrected chi connectivity index (χ3v) is 6.21. The summed E-state index contributed by atoms with van der Waals surface area (Å²) in [7, 11) is 0. The maximum absolute atomic E-state index is 2.47. The van der Waals surface area contributed by atoms with E-state index in [4.69, 9.17) is 0 Å². The van der Waals surface area contributed by atoms with E-state index in [1.165, 1.54) is 86.5 Å². The van der Waals surface area contributed by atoms with Crippen LogP contribution in [0.25, 0.3) is 16.7 Å². The van der Waals surface area contributed by atoms with Crippen molar-refractivity contribution in [3.63, 3.8) is 0 Å². The molecule has 144 valence electrons. The summed E-state index contributed by atoms with van der Waals surface area (Å²) in [5, 5.41) is 0. The third kappa shape index (κ3) is 5.83. The molecule has 27 heavy (non-hydrogen) atoms. The Bertz CT molecular complexity index is 703. The third-order valence-electron chi connectivity index (χ3n) is 6.21. The standard InChI is InChI=1S/C27H36/c1-3-5-6-7-8-9-23-12-16-25(17-13-23)27-20-18-26(19-21-27)24-14-10-22(4-2)11-15-24/h12-14,16-22H,3-11,15H2,1-2H3. The number of unbranched alkanes of at least 4 members (excludes halogenated alkanes) is 4. The molecular weight excluding hydrogens is 324 g/mol. The zero-order valence-corrected chi connectivity index (χ0v) is 17.3. The second-order valence-corrected chi connectivity index (χ2v) is 8.22. The van der Waals surface area contributed by atoms with Crippen LogP contribution in [0.15, 0.2) is 54.6 Å². The molecule has 0 fully saturated rings. The predicted molar refractivity (Wildman–Crippen MR) is 120 cm³/mol. The molecule has 0 N–H and O–H groups in total. The normalized spacial score (nSPS) is 17.0. The molecule has 2 aromatic rings. The Morgan fingerprint density at radius 2 is 1.37 bits per heavy atom. The lowest BCUT2D eigenvalue weighted by atomic mass is 9.85. The van der Waals surface area contributed by atoms with Gasteiger partial charge in [-0.15, -0.1) is 0 Å². The molecule has 0 spiro atoms. The highest BCUT2D eigenvalue weighted by atomic mass is 14.2. The smallest absolute Gasteiger partial charge is 0.0184 e. The minimum atomic E-state index is 0.901. The summed E-state index contributed by atoms with van der Waals surface area (Å²) in [6, 6.07) is 18.4. The van der Waals surface area contributed by atoms with Gasteiger partial charge in [0.2, 0.25) is 0 Å². The molecule has 1 atom stereocenters. The fraction of sp³-hybridized carbons (Fsp3) is 0.481. The average molecular weight is 361 g/mol. The molecule has 0 aliphatic heterocycles. The maximum Gasteiger partial charge on any atom is -0.0184 e. The zero-order chi connectivity index (χ0) is 18.9. The van der Waals surface area contributed by atoms with Crippen LogP contribution >= 0.6 is 0 Å². The van der Waals surface area contributed by atoms with E-state index in [2.05, 4.69) is 68.5 Å². The van der Waals surface area contributed by atoms with Gasteiger partial charge in [0.05, 0.1) is 0 Å². The van der Waals surface area contributed by atoms with E-state index in [9.17, 15) is 0 Å². The highest BCUT2D eigenvalue weighted by Crippen LogP contribution is 2.32. The Hall–Kier alpha value is -1.82. The largest absolute Gasteiger partial charge is 0.0804 e. The molecule has 0 aromatic heterocycles. The molecule has 0 saturated heterocycles. The van der Waals surface area contributed by atoms with Crippen molar-refractivity contribution in [3.8, 4) is 11.1 Å². The van der Waals surface area contributed by atoms with Crippen molar-refractivity contribution in [2.24, 2.45) is 5.92 Å². The molecule has 2 aromatic carbocycles. The summed E-state index contributed by atoms with van der Waals surface area (Å²) in [4.78, 5) is 0. The number of hydrogen-bond acceptors (Lipinski definition) is 0. The summed E-state index contributed by atoms with van der Waals surface area (Å²) in [6.07, 6.45) is 15.6. The maximum atomic E-state index is 2.47. The lowest BCUT2D eigenvalue weighted by molar-refractivity contribution is 0.471. The highest BCUT2D eigenvalue weighted by molar-refractivity contribution is 5.71. The Morgan fingerprint density at radius 3 is 1.96 bits per heavy atom. The van der Waals surface area contributed by atoms with Gasteiger partial charge >= 0.3 is 0 Å². The topological polar surface area (TPSA) is 0 Å². The minimum absolute atomic E-state index is 0.901. The molecule has 0 saturated carbocycles. The Morgan fingerprint density at radius 1 is 0.741 bits per heavy atom. The van der Waals surface area contributed by atoms with E-state index in [0.29, 0.717) is 0 Å². The highest BCUT2D eigenvalue weighted by Gasteiger charge is 2.13. The molecule has 0 heterocycles. The number of benzene rings is 2. The van der Waals surface area contributed by atoms with E-state index in [1.807, 2.05) is 0 Å². The molecule has 3 rings (SSSR count). The second kappa shape index (κ2) is 10.5. The minimum Gasteiger partial charge on any atom is -0.0804 e. The van der Waals surface area contributed by atoms with Gasteiger partial charge in [0, 0.05) is 0 Å². The van der Waals surface area contributed by atoms with Crippen LogP contribution in [-0.4, -0.2) is 0 Å². The summed E-state index contributed by atoms with van der Waals surface area (Å²) < 4.78 is 0. The van der Waals surface area contributed by atoms with Gasteiger partial charge in [0.25, 0.3) is 0 Å². The number of rotatable bonds is 9. The lowest BCUT2D eigenvalue weighted by Crippen LogP contribution is -2.03. The molecule has 0 radical (unpaired) electrons. The predicted octanol–water partition coefficient (Wildman–Crippen LogP) is 8.46. The van der Waals surface area contributed by atoms with Crippen molar-refractivity contribution >= 4 is 5.57 Å². The Balaban J connectivity index is 1.56. The first-order valence-electron chi connectivity index (χ1n) is 11.2. The summed E-state index contributed by atoms with van der Waals surface area (Å²) in [5.41, 5.74) is 7.10. The van der Waals surface area contributed by atoms with Crippen LogP contribution in [-0.2, 0) is 6.42 Å². The van der Waals surface area contributed by atoms with Gasteiger partial charge in [-0.2, -0.15) is 0 Å². The molecule has 0 bridgehead atoms. The quantitative estimate of drug-likeness (QED) is 0.393. The van der Waals surface area contributed by atoms with E-state index in [1.54, 1.807) is 5.57 Å². The average Bonchev–Trinajstić information content (AvgIpc) is 2.74. The van der Waals surface area contributed by atoms with E-state index < -0.39 is 0 Å². The van der Waals surface area contributed by atoms with Gasteiger partial charge in [-0.25, -0.2) is 0 Å². The second-order valence-electron chi connectivity index (χ2n) is 8.22. The van der Waals surface area contributed by atoms with Crippen LogP contribution in [0.2, 0.25) is 0 Å². The Labute approximate surface area is 166 Å². The van der Waals surface area contributed by atoms with Crippen LogP contribution in [0.1, 0.15) is 82.8 Å². The fourth-order valence-electron chi connectivity index (χ4n) is 4.19. The number of hydrogen-bond donors (Lipinski definition) is 0. The monoisotopic (exact) mass is 360 g/mol. The Kier molecular flexibility index (Phi) is 7.75. The first-order chi connectivity index (χ1) is 13.3. The van der Waals surface area contributed by atoms with Gasteiger partial charge in [-0.05, 0) is 65.8 Å². The molecule has 0 amide bonds. The van der Waals surface area contributed by atoms with Crippen LogP contribution < -0.4 is 0 Å². The summed E-state index contributed by atoms with van der Waals surface area (Å²) in [6.45, 7) is 4.59. The van der Waals surface area contributed by atoms with E-state index in [0.717, 1.165) is 5.92 Å². The van der Waals surface area contributed by atoms with Crippen LogP contribution in [0, 0.1) is 5.92 Å². The molecule has 1 aliphatic carbocycles. The number of aryl methyl sites for hydroxylation is 1. The van der Waals surface area contributed by atoms with Gasteiger partial charge in [-0.3, -0.25) is 0 Å². The summed E-state index contributed by atoms with van der Waals surface area (Å²) in [5.74, 6) is 0.901. The van der Waals surface area contributed by atoms with Gasteiger partial charge < -0.3 is 0 Å². The van der Waals surface area contributed by atoms with E-state index >= 15 is 0 Å². The summed E-state index contributed by atoms with van der Waals surface area (Å²) >= 11 is 0. The van der Waals surface area contributed by atoms with Gasteiger partial charge in [-0.1, -0.05) is 101 Å². The van der Waals surface area contributed by atoms with Crippen molar-refractivity contribution in [3.05, 3.63) is 65.7 Å². The fourth-order valence-corrected chi connectivity index (χ4v) is 4.19. The van der Waals surface area contributed by atoms with Crippen molar-refractivity contribution < 1.29 is 0 Å². The molecule has 1 aliphatic rings. The zero-order valence-electron chi connectivity index (χ0n) is 17.3.